The molecule has 1 aromatic carbocycles. The van der Waals surface area contributed by atoms with Crippen LogP contribution in [-0.4, -0.2) is 41.3 Å². The number of piperidine rings is 1. The molecule has 1 saturated heterocycles. The number of carbonyl (C=O) groups excluding carboxylic acids is 1. The molecule has 0 spiro atoms. The molecule has 2 N–H and O–H groups in total. The van der Waals surface area contributed by atoms with Crippen molar-refractivity contribution in [2.75, 3.05) is 13.1 Å². The van der Waals surface area contributed by atoms with Crippen LogP contribution in [0.4, 0.5) is 0 Å². The molecule has 156 valence electrons. The van der Waals surface area contributed by atoms with Crippen LogP contribution in [0.3, 0.4) is 0 Å². The minimum atomic E-state index is -0.580. The highest BCUT2D eigenvalue weighted by Gasteiger charge is 2.33. The summed E-state index contributed by atoms with van der Waals surface area (Å²) in [5, 5.41) is 14.7. The first-order valence-corrected chi connectivity index (χ1v) is 11.3. The lowest BCUT2D eigenvalue weighted by Crippen LogP contribution is -2.55. The average molecular weight is 407 g/mol. The highest BCUT2D eigenvalue weighted by molar-refractivity contribution is 6.30. The number of halogens is 1. The Morgan fingerprint density at radius 2 is 1.68 bits per heavy atom. The van der Waals surface area contributed by atoms with Gasteiger partial charge in [-0.15, -0.1) is 0 Å². The molecule has 2 fully saturated rings. The molecule has 0 aromatic heterocycles. The lowest BCUT2D eigenvalue weighted by Gasteiger charge is -2.37. The Morgan fingerprint density at radius 3 is 2.25 bits per heavy atom. The smallest absolute Gasteiger partial charge is 0.240 e. The van der Waals surface area contributed by atoms with Gasteiger partial charge in [0.15, 0.2) is 0 Å². The van der Waals surface area contributed by atoms with E-state index in [-0.39, 0.29) is 23.8 Å². The van der Waals surface area contributed by atoms with Gasteiger partial charge in [0.1, 0.15) is 6.23 Å². The zero-order valence-electron chi connectivity index (χ0n) is 17.2. The molecule has 2 aliphatic rings. The summed E-state index contributed by atoms with van der Waals surface area (Å²) in [4.78, 5) is 15.2. The molecule has 2 unspecified atom stereocenters. The number of nitrogens with zero attached hydrogens (tertiary/aromatic N) is 1. The maximum atomic E-state index is 13.2. The maximum Gasteiger partial charge on any atom is 0.240 e. The van der Waals surface area contributed by atoms with Crippen LogP contribution in [-0.2, 0) is 4.79 Å². The first kappa shape index (κ1) is 21.6. The van der Waals surface area contributed by atoms with E-state index in [9.17, 15) is 9.90 Å². The summed E-state index contributed by atoms with van der Waals surface area (Å²) >= 11 is 6.00. The minimum Gasteiger partial charge on any atom is -0.378 e. The van der Waals surface area contributed by atoms with Crippen LogP contribution in [0, 0.1) is 11.8 Å². The van der Waals surface area contributed by atoms with Gasteiger partial charge in [0.2, 0.25) is 5.91 Å². The zero-order valence-corrected chi connectivity index (χ0v) is 18.0. The Bertz CT molecular complexity index is 620. The standard InChI is InChI=1S/C23H35ClN2O2/c1-16(2)21(25-22(27)19-6-4-3-5-7-19)23(28)26-14-12-18(13-15-26)17-8-10-20(24)11-9-17/h8-11,16,18-19,21-22,25,27H,3-7,12-15H2,1-2H3. The number of aliphatic hydroxyl groups excluding tert-OH is 1. The van der Waals surface area contributed by atoms with Crippen molar-refractivity contribution in [1.29, 1.82) is 0 Å². The fourth-order valence-electron chi connectivity index (χ4n) is 4.68. The summed E-state index contributed by atoms with van der Waals surface area (Å²) in [5.74, 6) is 1.05. The predicted molar refractivity (Wildman–Crippen MR) is 114 cm³/mol. The molecule has 1 amide bonds. The Labute approximate surface area is 174 Å². The van der Waals surface area contributed by atoms with E-state index in [0.29, 0.717) is 5.92 Å². The van der Waals surface area contributed by atoms with E-state index in [0.717, 1.165) is 43.8 Å². The molecule has 1 saturated carbocycles. The third kappa shape index (κ3) is 5.49. The van der Waals surface area contributed by atoms with Crippen LogP contribution in [0.2, 0.25) is 5.02 Å². The molecular weight excluding hydrogens is 372 g/mol. The van der Waals surface area contributed by atoms with Crippen molar-refractivity contribution in [1.82, 2.24) is 10.2 Å². The minimum absolute atomic E-state index is 0.138. The summed E-state index contributed by atoms with van der Waals surface area (Å²) in [6.45, 7) is 5.67. The van der Waals surface area contributed by atoms with Crippen molar-refractivity contribution in [3.8, 4) is 0 Å². The van der Waals surface area contributed by atoms with Crippen LogP contribution in [0.25, 0.3) is 0 Å². The molecule has 1 aromatic rings. The van der Waals surface area contributed by atoms with Gasteiger partial charge in [-0.2, -0.15) is 0 Å². The van der Waals surface area contributed by atoms with Crippen LogP contribution < -0.4 is 5.32 Å². The van der Waals surface area contributed by atoms with E-state index in [1.54, 1.807) is 0 Å². The van der Waals surface area contributed by atoms with Crippen LogP contribution in [0.1, 0.15) is 70.3 Å². The number of nitrogens with one attached hydrogen (secondary N) is 1. The van der Waals surface area contributed by atoms with Gasteiger partial charge in [0.25, 0.3) is 0 Å². The van der Waals surface area contributed by atoms with Gasteiger partial charge in [0, 0.05) is 18.1 Å². The Kier molecular flexibility index (Phi) is 7.78. The normalized spacial score (nSPS) is 21.7. The molecule has 5 heteroatoms. The van der Waals surface area contributed by atoms with Crippen molar-refractivity contribution >= 4 is 17.5 Å². The van der Waals surface area contributed by atoms with Crippen molar-refractivity contribution in [3.05, 3.63) is 34.9 Å². The van der Waals surface area contributed by atoms with Gasteiger partial charge in [-0.3, -0.25) is 10.1 Å². The van der Waals surface area contributed by atoms with Gasteiger partial charge in [-0.25, -0.2) is 0 Å². The molecule has 0 bridgehead atoms. The molecule has 1 heterocycles. The van der Waals surface area contributed by atoms with Crippen LogP contribution >= 0.6 is 11.6 Å². The highest BCUT2D eigenvalue weighted by Crippen LogP contribution is 2.30. The number of benzene rings is 1. The SMILES string of the molecule is CC(C)C(NC(O)C1CCCCC1)C(=O)N1CCC(c2ccc(Cl)cc2)CC1. The number of hydrogen-bond donors (Lipinski definition) is 2. The van der Waals surface area contributed by atoms with E-state index in [1.165, 1.54) is 24.8 Å². The average Bonchev–Trinajstić information content (AvgIpc) is 2.72. The summed E-state index contributed by atoms with van der Waals surface area (Å²) < 4.78 is 0. The molecule has 28 heavy (non-hydrogen) atoms. The summed E-state index contributed by atoms with van der Waals surface area (Å²) in [6.07, 6.45) is 7.11. The van der Waals surface area contributed by atoms with Crippen molar-refractivity contribution in [2.45, 2.75) is 77.0 Å². The first-order chi connectivity index (χ1) is 13.5. The second kappa shape index (κ2) is 10.1. The first-order valence-electron chi connectivity index (χ1n) is 10.9. The Morgan fingerprint density at radius 1 is 1.07 bits per heavy atom. The lowest BCUT2D eigenvalue weighted by molar-refractivity contribution is -0.137. The van der Waals surface area contributed by atoms with Crippen LogP contribution in [0.5, 0.6) is 0 Å². The van der Waals surface area contributed by atoms with Gasteiger partial charge in [0.05, 0.1) is 6.04 Å². The molecule has 1 aliphatic carbocycles. The number of hydrogen-bond acceptors (Lipinski definition) is 3. The highest BCUT2D eigenvalue weighted by atomic mass is 35.5. The quantitative estimate of drug-likeness (QED) is 0.681. The summed E-state index contributed by atoms with van der Waals surface area (Å²) in [6, 6.07) is 7.77. The van der Waals surface area contributed by atoms with Gasteiger partial charge < -0.3 is 10.0 Å². The fraction of sp³-hybridized carbons (Fsp3) is 0.696. The number of amides is 1. The van der Waals surface area contributed by atoms with E-state index in [1.807, 2.05) is 17.0 Å². The van der Waals surface area contributed by atoms with E-state index in [2.05, 4.69) is 31.3 Å². The predicted octanol–water partition coefficient (Wildman–Crippen LogP) is 4.56. The molecular formula is C23H35ClN2O2. The topological polar surface area (TPSA) is 52.6 Å². The molecule has 3 rings (SSSR count). The van der Waals surface area contributed by atoms with Gasteiger partial charge >= 0.3 is 0 Å². The zero-order chi connectivity index (χ0) is 20.1. The number of rotatable bonds is 6. The van der Waals surface area contributed by atoms with Gasteiger partial charge in [-0.1, -0.05) is 56.8 Å². The number of likely N-dealkylation sites (tertiary alicyclic amines) is 1. The summed E-state index contributed by atoms with van der Waals surface area (Å²) in [7, 11) is 0. The fourth-order valence-corrected chi connectivity index (χ4v) is 4.81. The molecule has 4 nitrogen and oxygen atoms in total. The van der Waals surface area contributed by atoms with Crippen molar-refractivity contribution < 1.29 is 9.90 Å². The monoisotopic (exact) mass is 406 g/mol. The number of aliphatic hydroxyl groups is 1. The second-order valence-electron chi connectivity index (χ2n) is 8.88. The van der Waals surface area contributed by atoms with E-state index < -0.39 is 6.23 Å². The lowest BCUT2D eigenvalue weighted by atomic mass is 9.87. The van der Waals surface area contributed by atoms with E-state index in [4.69, 9.17) is 11.6 Å². The van der Waals surface area contributed by atoms with E-state index >= 15 is 0 Å². The second-order valence-corrected chi connectivity index (χ2v) is 9.32. The van der Waals surface area contributed by atoms with Gasteiger partial charge in [-0.05, 0) is 61.1 Å². The third-order valence-corrected chi connectivity index (χ3v) is 6.78. The maximum absolute atomic E-state index is 13.2. The third-order valence-electron chi connectivity index (χ3n) is 6.53. The molecule has 1 aliphatic heterocycles. The number of carbonyl (C=O) groups is 1. The molecule has 0 radical (unpaired) electrons. The Balaban J connectivity index is 1.55. The molecule has 2 atom stereocenters. The Hall–Kier alpha value is -1.10. The largest absolute Gasteiger partial charge is 0.378 e. The summed E-state index contributed by atoms with van der Waals surface area (Å²) in [5.41, 5.74) is 1.31. The van der Waals surface area contributed by atoms with Crippen molar-refractivity contribution in [3.63, 3.8) is 0 Å². The van der Waals surface area contributed by atoms with Crippen molar-refractivity contribution in [2.24, 2.45) is 11.8 Å². The van der Waals surface area contributed by atoms with Crippen LogP contribution in [0.15, 0.2) is 24.3 Å².